The summed E-state index contributed by atoms with van der Waals surface area (Å²) in [6.07, 6.45) is 5.98. The molecule has 0 spiro atoms. The number of ketones is 2. The summed E-state index contributed by atoms with van der Waals surface area (Å²) in [6, 6.07) is 8.73. The van der Waals surface area contributed by atoms with Crippen LogP contribution < -0.4 is 4.74 Å². The van der Waals surface area contributed by atoms with E-state index in [0.717, 1.165) is 31.7 Å². The van der Waals surface area contributed by atoms with Crippen LogP contribution in [0, 0.1) is 33.3 Å². The van der Waals surface area contributed by atoms with E-state index >= 15 is 0 Å². The zero-order valence-corrected chi connectivity index (χ0v) is 33.1. The zero-order chi connectivity index (χ0) is 39.9. The van der Waals surface area contributed by atoms with E-state index in [9.17, 15) is 29.3 Å². The minimum atomic E-state index is -0.632. The summed E-state index contributed by atoms with van der Waals surface area (Å²) in [4.78, 5) is 73.2. The van der Waals surface area contributed by atoms with E-state index in [1.165, 1.54) is 12.1 Å². The van der Waals surface area contributed by atoms with Crippen LogP contribution in [0.4, 0.5) is 5.69 Å². The number of aryl methyl sites for hydroxylation is 1. The standard InChI is InChI=1S/C41H57N3O9/c1-11-15-32(42-52-39(47)26(3)4)37(45)30-18-20-35(29(24-30)17-14-13-16-28(7)12-2)51-36-21-19-31(25-34(36)44(49)50)38(46)33(22-23-41(8,9)10)43-53-40(48)27(5)6/h18-21,24-28H,11-17,22-23H2,1-10H3/b42-32+,43-33+. The van der Waals surface area contributed by atoms with Crippen LogP contribution in [0.15, 0.2) is 46.7 Å². The highest BCUT2D eigenvalue weighted by atomic mass is 16.7. The lowest BCUT2D eigenvalue weighted by Gasteiger charge is -2.18. The summed E-state index contributed by atoms with van der Waals surface area (Å²) in [5.41, 5.74) is 0.441. The molecule has 0 aliphatic carbocycles. The third-order valence-electron chi connectivity index (χ3n) is 8.61. The van der Waals surface area contributed by atoms with E-state index in [0.29, 0.717) is 48.5 Å². The molecule has 290 valence electrons. The van der Waals surface area contributed by atoms with Gasteiger partial charge in [-0.1, -0.05) is 105 Å². The summed E-state index contributed by atoms with van der Waals surface area (Å²) >= 11 is 0. The Morgan fingerprint density at radius 3 is 1.79 bits per heavy atom. The van der Waals surface area contributed by atoms with Gasteiger partial charge in [0.1, 0.15) is 17.2 Å². The van der Waals surface area contributed by atoms with Gasteiger partial charge in [0.25, 0.3) is 0 Å². The molecular weight excluding hydrogens is 678 g/mol. The molecule has 2 aromatic rings. The van der Waals surface area contributed by atoms with Crippen LogP contribution in [0.1, 0.15) is 147 Å². The molecule has 0 radical (unpaired) electrons. The van der Waals surface area contributed by atoms with Crippen molar-refractivity contribution >= 4 is 40.6 Å². The molecule has 0 saturated carbocycles. The summed E-state index contributed by atoms with van der Waals surface area (Å²) in [7, 11) is 0. The molecule has 12 heteroatoms. The highest BCUT2D eigenvalue weighted by Gasteiger charge is 2.26. The molecule has 0 aliphatic heterocycles. The maximum absolute atomic E-state index is 13.6. The number of hydrogen-bond acceptors (Lipinski definition) is 11. The Bertz CT molecular complexity index is 1670. The Labute approximate surface area is 313 Å². The monoisotopic (exact) mass is 735 g/mol. The molecule has 12 nitrogen and oxygen atoms in total. The van der Waals surface area contributed by atoms with Crippen molar-refractivity contribution in [2.75, 3.05) is 0 Å². The van der Waals surface area contributed by atoms with Crippen molar-refractivity contribution in [3.05, 3.63) is 63.2 Å². The number of Topliss-reactive ketones (excluding diaryl/α,β-unsaturated/α-hetero) is 2. The van der Waals surface area contributed by atoms with Gasteiger partial charge < -0.3 is 14.4 Å². The lowest BCUT2D eigenvalue weighted by molar-refractivity contribution is -0.385. The Kier molecular flexibility index (Phi) is 17.7. The molecule has 0 N–H and O–H groups in total. The number of nitrogens with zero attached hydrogens (tertiary/aromatic N) is 3. The van der Waals surface area contributed by atoms with Gasteiger partial charge in [0.15, 0.2) is 0 Å². The van der Waals surface area contributed by atoms with Gasteiger partial charge in [0.05, 0.1) is 16.8 Å². The highest BCUT2D eigenvalue weighted by Crippen LogP contribution is 2.35. The second-order valence-electron chi connectivity index (χ2n) is 15.3. The molecule has 0 saturated heterocycles. The minimum Gasteiger partial charge on any atom is -0.450 e. The SMILES string of the molecule is CCC/C(=N\OC(=O)C(C)C)C(=O)c1ccc(Oc2ccc(C(=O)/C(CCC(C)(C)C)=N/OC(=O)C(C)C)cc2[N+](=O)[O-])c(CCCCC(C)CC)c1. The predicted molar refractivity (Wildman–Crippen MR) is 206 cm³/mol. The third kappa shape index (κ3) is 14.7. The first-order valence-electron chi connectivity index (χ1n) is 18.6. The Morgan fingerprint density at radius 1 is 0.774 bits per heavy atom. The van der Waals surface area contributed by atoms with E-state index in [1.54, 1.807) is 45.9 Å². The average Bonchev–Trinajstić information content (AvgIpc) is 3.10. The number of oxime groups is 2. The van der Waals surface area contributed by atoms with Crippen molar-refractivity contribution < 1.29 is 38.5 Å². The normalized spacial score (nSPS) is 12.8. The summed E-state index contributed by atoms with van der Waals surface area (Å²) in [5.74, 6) is -2.24. The van der Waals surface area contributed by atoms with Crippen molar-refractivity contribution in [2.45, 2.75) is 127 Å². The number of nitro benzene ring substituents is 1. The average molecular weight is 736 g/mol. The maximum Gasteiger partial charge on any atom is 0.337 e. The van der Waals surface area contributed by atoms with E-state index in [4.69, 9.17) is 14.4 Å². The Hall–Kier alpha value is -4.74. The van der Waals surface area contributed by atoms with Crippen LogP contribution in [0.3, 0.4) is 0 Å². The van der Waals surface area contributed by atoms with Gasteiger partial charge in [-0.15, -0.1) is 0 Å². The molecule has 0 amide bonds. The first kappa shape index (κ1) is 44.4. The first-order chi connectivity index (χ1) is 24.9. The molecule has 1 atom stereocenters. The lowest BCUT2D eigenvalue weighted by Crippen LogP contribution is -2.20. The number of benzene rings is 2. The molecule has 0 aromatic heterocycles. The second kappa shape index (κ2) is 21.1. The van der Waals surface area contributed by atoms with Crippen LogP contribution in [0.5, 0.6) is 11.5 Å². The number of hydrogen-bond donors (Lipinski definition) is 0. The molecule has 0 aliphatic rings. The molecule has 0 bridgehead atoms. The predicted octanol–water partition coefficient (Wildman–Crippen LogP) is 10.2. The fourth-order valence-electron chi connectivity index (χ4n) is 4.91. The molecule has 53 heavy (non-hydrogen) atoms. The molecule has 2 rings (SSSR count). The number of rotatable bonds is 21. The van der Waals surface area contributed by atoms with Crippen LogP contribution in [-0.4, -0.2) is 39.9 Å². The fraction of sp³-hybridized carbons (Fsp3) is 0.561. The summed E-state index contributed by atoms with van der Waals surface area (Å²) < 4.78 is 6.18. The number of nitro groups is 1. The van der Waals surface area contributed by atoms with Gasteiger partial charge in [-0.05, 0) is 79.3 Å². The summed E-state index contributed by atoms with van der Waals surface area (Å²) in [5, 5.41) is 20.1. The molecule has 2 aromatic carbocycles. The van der Waals surface area contributed by atoms with Gasteiger partial charge in [-0.25, -0.2) is 9.59 Å². The van der Waals surface area contributed by atoms with E-state index < -0.39 is 46.0 Å². The Balaban J connectivity index is 2.55. The summed E-state index contributed by atoms with van der Waals surface area (Å²) in [6.45, 7) is 18.9. The number of ether oxygens (including phenoxy) is 1. The Morgan fingerprint density at radius 2 is 1.30 bits per heavy atom. The van der Waals surface area contributed by atoms with Crippen molar-refractivity contribution in [3.63, 3.8) is 0 Å². The number of unbranched alkanes of at least 4 members (excludes halogenated alkanes) is 1. The van der Waals surface area contributed by atoms with Crippen molar-refractivity contribution in [1.29, 1.82) is 0 Å². The topological polar surface area (TPSA) is 164 Å². The molecule has 0 fully saturated rings. The maximum atomic E-state index is 13.6. The highest BCUT2D eigenvalue weighted by molar-refractivity contribution is 6.46. The second-order valence-corrected chi connectivity index (χ2v) is 15.3. The van der Waals surface area contributed by atoms with E-state index in [1.807, 2.05) is 27.7 Å². The smallest absolute Gasteiger partial charge is 0.337 e. The minimum absolute atomic E-state index is 0.00979. The number of carbonyl (C=O) groups is 4. The van der Waals surface area contributed by atoms with Gasteiger partial charge in [0.2, 0.25) is 17.3 Å². The van der Waals surface area contributed by atoms with Crippen LogP contribution >= 0.6 is 0 Å². The van der Waals surface area contributed by atoms with Crippen molar-refractivity contribution in [2.24, 2.45) is 33.5 Å². The molecular formula is C41H57N3O9. The van der Waals surface area contributed by atoms with Gasteiger partial charge in [-0.2, -0.15) is 0 Å². The van der Waals surface area contributed by atoms with Crippen molar-refractivity contribution in [3.8, 4) is 11.5 Å². The van der Waals surface area contributed by atoms with E-state index in [-0.39, 0.29) is 34.6 Å². The van der Waals surface area contributed by atoms with Gasteiger partial charge >= 0.3 is 17.6 Å². The fourth-order valence-corrected chi connectivity index (χ4v) is 4.91. The quantitative estimate of drug-likeness (QED) is 0.0303. The zero-order valence-electron chi connectivity index (χ0n) is 33.1. The number of carbonyl (C=O) groups excluding carboxylic acids is 4. The van der Waals surface area contributed by atoms with Gasteiger partial charge in [0, 0.05) is 17.2 Å². The van der Waals surface area contributed by atoms with Crippen LogP contribution in [0.25, 0.3) is 0 Å². The first-order valence-corrected chi connectivity index (χ1v) is 18.6. The third-order valence-corrected chi connectivity index (χ3v) is 8.61. The molecule has 1 unspecified atom stereocenters. The van der Waals surface area contributed by atoms with Crippen LogP contribution in [-0.2, 0) is 25.7 Å². The lowest BCUT2D eigenvalue weighted by atomic mass is 9.88. The van der Waals surface area contributed by atoms with Gasteiger partial charge in [-0.3, -0.25) is 19.7 Å². The molecule has 0 heterocycles. The van der Waals surface area contributed by atoms with E-state index in [2.05, 4.69) is 24.2 Å². The van der Waals surface area contributed by atoms with Crippen LogP contribution in [0.2, 0.25) is 0 Å². The van der Waals surface area contributed by atoms with Crippen molar-refractivity contribution in [1.82, 2.24) is 0 Å². The largest absolute Gasteiger partial charge is 0.450 e.